The van der Waals surface area contributed by atoms with Crippen molar-refractivity contribution in [2.45, 2.75) is 0 Å². The molecule has 0 aliphatic heterocycles. The number of hydrogen-bond acceptors (Lipinski definition) is 4. The summed E-state index contributed by atoms with van der Waals surface area (Å²) in [6.45, 7) is 4.02. The quantitative estimate of drug-likeness (QED) is 0.0999. The van der Waals surface area contributed by atoms with Crippen molar-refractivity contribution >= 4 is 28.1 Å². The number of ether oxygens (including phenoxy) is 2. The smallest absolute Gasteiger partial charge is 0.271 e. The summed E-state index contributed by atoms with van der Waals surface area (Å²) in [5.41, 5.74) is 9.11. The average molecular weight is 607 g/mol. The summed E-state index contributed by atoms with van der Waals surface area (Å²) < 4.78 is 14.0. The number of hydrogen-bond donors (Lipinski definition) is 1. The SMILES string of the molecule is C=CCOc1c(Br)cc(/C=N\NC(=O)c2ccc(-n3c(-c4ccccc4)ccc3-c3ccccc3)cc2)cc1OC. The predicted molar refractivity (Wildman–Crippen MR) is 168 cm³/mol. The molecule has 0 aliphatic carbocycles. The first-order valence-electron chi connectivity index (χ1n) is 13.0. The van der Waals surface area contributed by atoms with Crippen molar-refractivity contribution in [1.82, 2.24) is 9.99 Å². The number of carbonyl (C=O) groups is 1. The van der Waals surface area contributed by atoms with Gasteiger partial charge in [-0.15, -0.1) is 0 Å². The summed E-state index contributed by atoms with van der Waals surface area (Å²) in [4.78, 5) is 12.9. The second-order valence-corrected chi connectivity index (χ2v) is 9.91. The molecule has 0 spiro atoms. The Kier molecular flexibility index (Phi) is 8.76. The van der Waals surface area contributed by atoms with E-state index in [2.05, 4.69) is 74.0 Å². The zero-order valence-electron chi connectivity index (χ0n) is 22.5. The maximum Gasteiger partial charge on any atom is 0.271 e. The van der Waals surface area contributed by atoms with Crippen LogP contribution >= 0.6 is 15.9 Å². The van der Waals surface area contributed by atoms with Crippen LogP contribution in [0.5, 0.6) is 11.5 Å². The highest BCUT2D eigenvalue weighted by atomic mass is 79.9. The van der Waals surface area contributed by atoms with Crippen LogP contribution in [-0.4, -0.2) is 30.4 Å². The van der Waals surface area contributed by atoms with Crippen molar-refractivity contribution in [3.05, 3.63) is 137 Å². The molecule has 0 saturated carbocycles. The maximum atomic E-state index is 12.9. The lowest BCUT2D eigenvalue weighted by molar-refractivity contribution is 0.0955. The van der Waals surface area contributed by atoms with Crippen molar-refractivity contribution in [2.24, 2.45) is 5.10 Å². The van der Waals surface area contributed by atoms with Crippen molar-refractivity contribution in [1.29, 1.82) is 0 Å². The van der Waals surface area contributed by atoms with Gasteiger partial charge in [0.2, 0.25) is 0 Å². The van der Waals surface area contributed by atoms with Crippen molar-refractivity contribution in [3.8, 4) is 39.7 Å². The van der Waals surface area contributed by atoms with E-state index in [4.69, 9.17) is 9.47 Å². The minimum absolute atomic E-state index is 0.316. The molecule has 0 saturated heterocycles. The van der Waals surface area contributed by atoms with Crippen LogP contribution in [0.3, 0.4) is 0 Å². The highest BCUT2D eigenvalue weighted by molar-refractivity contribution is 9.10. The number of halogens is 1. The van der Waals surface area contributed by atoms with Gasteiger partial charge in [-0.2, -0.15) is 5.10 Å². The lowest BCUT2D eigenvalue weighted by atomic mass is 10.1. The van der Waals surface area contributed by atoms with Crippen LogP contribution in [0, 0.1) is 0 Å². The van der Waals surface area contributed by atoms with E-state index in [9.17, 15) is 4.79 Å². The Bertz CT molecular complexity index is 1620. The van der Waals surface area contributed by atoms with Crippen molar-refractivity contribution in [2.75, 3.05) is 13.7 Å². The van der Waals surface area contributed by atoms with Crippen LogP contribution in [0.1, 0.15) is 15.9 Å². The van der Waals surface area contributed by atoms with Gasteiger partial charge in [-0.05, 0) is 81.2 Å². The van der Waals surface area contributed by atoms with Gasteiger partial charge in [0, 0.05) is 11.3 Å². The summed E-state index contributed by atoms with van der Waals surface area (Å²) in [5.74, 6) is 0.797. The number of nitrogens with one attached hydrogen (secondary N) is 1. The third kappa shape index (κ3) is 6.31. The summed E-state index contributed by atoms with van der Waals surface area (Å²) >= 11 is 3.50. The molecular weight excluding hydrogens is 578 g/mol. The fraction of sp³-hybridized carbons (Fsp3) is 0.0588. The van der Waals surface area contributed by atoms with Gasteiger partial charge < -0.3 is 14.0 Å². The largest absolute Gasteiger partial charge is 0.493 e. The van der Waals surface area contributed by atoms with Gasteiger partial charge in [-0.3, -0.25) is 4.79 Å². The van der Waals surface area contributed by atoms with E-state index < -0.39 is 0 Å². The first-order chi connectivity index (χ1) is 20.1. The summed E-state index contributed by atoms with van der Waals surface area (Å²) in [5, 5.41) is 4.14. The fourth-order valence-corrected chi connectivity index (χ4v) is 5.05. The van der Waals surface area contributed by atoms with Crippen LogP contribution in [0.15, 0.2) is 131 Å². The molecule has 5 rings (SSSR count). The van der Waals surface area contributed by atoms with E-state index in [0.717, 1.165) is 33.8 Å². The van der Waals surface area contributed by atoms with E-state index in [-0.39, 0.29) is 5.91 Å². The molecule has 0 atom stereocenters. The van der Waals surface area contributed by atoms with Crippen LogP contribution in [0.25, 0.3) is 28.2 Å². The Hall–Kier alpha value is -4.88. The van der Waals surface area contributed by atoms with Gasteiger partial charge in [0.05, 0.1) is 29.2 Å². The number of rotatable bonds is 10. The fourth-order valence-electron chi connectivity index (χ4n) is 4.47. The highest BCUT2D eigenvalue weighted by Crippen LogP contribution is 2.36. The number of benzene rings is 4. The van der Waals surface area contributed by atoms with Crippen molar-refractivity contribution in [3.63, 3.8) is 0 Å². The Morgan fingerprint density at radius 3 is 2.07 bits per heavy atom. The van der Waals surface area contributed by atoms with Crippen LogP contribution in [0.4, 0.5) is 0 Å². The molecule has 7 heteroatoms. The molecule has 0 unspecified atom stereocenters. The van der Waals surface area contributed by atoms with Gasteiger partial charge in [-0.25, -0.2) is 5.43 Å². The first-order valence-corrected chi connectivity index (χ1v) is 13.8. The topological polar surface area (TPSA) is 64.8 Å². The molecule has 4 aromatic carbocycles. The number of amides is 1. The minimum Gasteiger partial charge on any atom is -0.493 e. The molecule has 1 heterocycles. The monoisotopic (exact) mass is 605 g/mol. The summed E-state index contributed by atoms with van der Waals surface area (Å²) in [7, 11) is 1.56. The Morgan fingerprint density at radius 2 is 1.51 bits per heavy atom. The number of carbonyl (C=O) groups excluding carboxylic acids is 1. The number of methoxy groups -OCH3 is 1. The molecule has 41 heavy (non-hydrogen) atoms. The van der Waals surface area contributed by atoms with Gasteiger partial charge in [0.25, 0.3) is 5.91 Å². The summed E-state index contributed by atoms with van der Waals surface area (Å²) in [6, 6.07) is 35.9. The van der Waals surface area contributed by atoms with E-state index in [0.29, 0.717) is 28.1 Å². The van der Waals surface area contributed by atoms with Gasteiger partial charge in [-0.1, -0.05) is 73.3 Å². The summed E-state index contributed by atoms with van der Waals surface area (Å²) in [6.07, 6.45) is 3.21. The molecule has 1 aromatic heterocycles. The molecule has 0 aliphatic rings. The third-order valence-electron chi connectivity index (χ3n) is 6.38. The molecule has 5 aromatic rings. The normalized spacial score (nSPS) is 10.9. The van der Waals surface area contributed by atoms with E-state index in [1.807, 2.05) is 54.6 Å². The van der Waals surface area contributed by atoms with Gasteiger partial charge >= 0.3 is 0 Å². The lowest BCUT2D eigenvalue weighted by Crippen LogP contribution is -2.17. The number of hydrazone groups is 1. The Morgan fingerprint density at radius 1 is 0.902 bits per heavy atom. The molecule has 0 bridgehead atoms. The predicted octanol–water partition coefficient (Wildman–Crippen LogP) is 7.91. The average Bonchev–Trinajstić information content (AvgIpc) is 3.46. The first kappa shape index (κ1) is 27.7. The highest BCUT2D eigenvalue weighted by Gasteiger charge is 2.15. The molecular formula is C34H28BrN3O3. The molecule has 6 nitrogen and oxygen atoms in total. The van der Waals surface area contributed by atoms with Crippen LogP contribution in [0.2, 0.25) is 0 Å². The van der Waals surface area contributed by atoms with E-state index >= 15 is 0 Å². The van der Waals surface area contributed by atoms with Gasteiger partial charge in [0.15, 0.2) is 11.5 Å². The zero-order chi connectivity index (χ0) is 28.6. The molecule has 204 valence electrons. The van der Waals surface area contributed by atoms with E-state index in [1.165, 1.54) is 0 Å². The van der Waals surface area contributed by atoms with Crippen LogP contribution < -0.4 is 14.9 Å². The molecule has 0 radical (unpaired) electrons. The lowest BCUT2D eigenvalue weighted by Gasteiger charge is -2.15. The maximum absolute atomic E-state index is 12.9. The van der Waals surface area contributed by atoms with E-state index in [1.54, 1.807) is 37.6 Å². The second kappa shape index (κ2) is 13.0. The zero-order valence-corrected chi connectivity index (χ0v) is 24.0. The second-order valence-electron chi connectivity index (χ2n) is 9.05. The van der Waals surface area contributed by atoms with Crippen LogP contribution in [-0.2, 0) is 0 Å². The minimum atomic E-state index is -0.316. The molecule has 1 amide bonds. The van der Waals surface area contributed by atoms with Crippen molar-refractivity contribution < 1.29 is 14.3 Å². The number of nitrogens with zero attached hydrogens (tertiary/aromatic N) is 2. The standard InChI is InChI=1S/C34H28BrN3O3/c1-3-20-41-33-29(35)21-24(22-32(33)40-2)23-36-37-34(39)27-14-16-28(17-15-27)38-30(25-10-6-4-7-11-25)18-19-31(38)26-12-8-5-9-13-26/h3-19,21-23H,1,20H2,2H3,(H,37,39)/b36-23-. The van der Waals surface area contributed by atoms with Gasteiger partial charge in [0.1, 0.15) is 6.61 Å². The number of aromatic nitrogens is 1. The Labute approximate surface area is 247 Å². The molecule has 1 N–H and O–H groups in total. The third-order valence-corrected chi connectivity index (χ3v) is 6.97. The Balaban J connectivity index is 1.36. The molecule has 0 fully saturated rings.